The zero-order valence-electron chi connectivity index (χ0n) is 16.4. The van der Waals surface area contributed by atoms with Crippen LogP contribution in [0.2, 0.25) is 0 Å². The number of nitrogen functional groups attached to an aromatic ring is 1. The Morgan fingerprint density at radius 2 is 2.13 bits per heavy atom. The van der Waals surface area contributed by atoms with Crippen LogP contribution in [0, 0.1) is 12.7 Å². The van der Waals surface area contributed by atoms with Crippen LogP contribution in [-0.4, -0.2) is 33.7 Å². The highest BCUT2D eigenvalue weighted by Crippen LogP contribution is 2.40. The average molecular weight is 428 g/mol. The fourth-order valence-electron chi connectivity index (χ4n) is 4.46. The van der Waals surface area contributed by atoms with Gasteiger partial charge in [0.25, 0.3) is 0 Å². The predicted molar refractivity (Wildman–Crippen MR) is 114 cm³/mol. The highest BCUT2D eigenvalue weighted by atomic mass is 32.1. The van der Waals surface area contributed by atoms with Gasteiger partial charge in [-0.3, -0.25) is 4.79 Å². The van der Waals surface area contributed by atoms with Crippen molar-refractivity contribution in [2.24, 2.45) is 0 Å². The second-order valence-corrected chi connectivity index (χ2v) is 8.96. The molecule has 1 aliphatic heterocycles. The smallest absolute Gasteiger partial charge is 0.341 e. The maximum Gasteiger partial charge on any atom is 0.341 e. The summed E-state index contributed by atoms with van der Waals surface area (Å²) < 4.78 is 17.3. The predicted octanol–water partition coefficient (Wildman–Crippen LogP) is 3.51. The molecule has 0 spiro atoms. The number of fused-ring (bicyclic) bond motifs is 1. The Hall–Kier alpha value is -2.94. The number of aryl methyl sites for hydroxylation is 1. The molecule has 7 nitrogen and oxygen atoms in total. The minimum atomic E-state index is -1.29. The SMILES string of the molecule is Cc1c(F)c(N2CCC(c3ncsc3N)C2)cc2c1c(=O)c(C(=O)O)cn2C1CC1. The molecule has 5 rings (SSSR count). The number of pyridine rings is 1. The Morgan fingerprint density at radius 1 is 1.37 bits per heavy atom. The maximum atomic E-state index is 15.4. The lowest BCUT2D eigenvalue weighted by molar-refractivity contribution is 0.0695. The van der Waals surface area contributed by atoms with Crippen LogP contribution in [0.3, 0.4) is 0 Å². The van der Waals surface area contributed by atoms with Crippen LogP contribution < -0.4 is 16.1 Å². The van der Waals surface area contributed by atoms with Gasteiger partial charge in [-0.1, -0.05) is 0 Å². The fraction of sp³-hybridized carbons (Fsp3) is 0.381. The van der Waals surface area contributed by atoms with Crippen LogP contribution in [0.1, 0.15) is 52.8 Å². The van der Waals surface area contributed by atoms with Crippen LogP contribution in [0.4, 0.5) is 15.1 Å². The van der Waals surface area contributed by atoms with Crippen molar-refractivity contribution in [1.29, 1.82) is 0 Å². The lowest BCUT2D eigenvalue weighted by atomic mass is 10.0. The van der Waals surface area contributed by atoms with E-state index >= 15 is 4.39 Å². The van der Waals surface area contributed by atoms with Crippen molar-refractivity contribution in [3.05, 3.63) is 50.6 Å². The number of nitrogens with two attached hydrogens (primary N) is 1. The third-order valence-corrected chi connectivity index (χ3v) is 6.86. The Labute approximate surface area is 175 Å². The number of halogens is 1. The minimum absolute atomic E-state index is 0.131. The van der Waals surface area contributed by atoms with Gasteiger partial charge in [0, 0.05) is 36.8 Å². The highest BCUT2D eigenvalue weighted by Gasteiger charge is 2.32. The zero-order chi connectivity index (χ0) is 21.2. The second-order valence-electron chi connectivity index (χ2n) is 8.08. The average Bonchev–Trinajstić information content (AvgIpc) is 3.28. The van der Waals surface area contributed by atoms with E-state index in [1.54, 1.807) is 18.5 Å². The maximum absolute atomic E-state index is 15.4. The summed E-state index contributed by atoms with van der Waals surface area (Å²) in [5.41, 5.74) is 8.89. The molecule has 1 unspecified atom stereocenters. The number of benzene rings is 1. The Balaban J connectivity index is 1.64. The molecular weight excluding hydrogens is 407 g/mol. The van der Waals surface area contributed by atoms with Gasteiger partial charge in [-0.25, -0.2) is 14.2 Å². The van der Waals surface area contributed by atoms with Gasteiger partial charge in [0.05, 0.1) is 27.8 Å². The van der Waals surface area contributed by atoms with Gasteiger partial charge in [0.15, 0.2) is 0 Å². The normalized spacial score (nSPS) is 19.0. The molecule has 2 aliphatic rings. The number of hydrogen-bond donors (Lipinski definition) is 2. The molecular formula is C21H21FN4O3S. The van der Waals surface area contributed by atoms with Gasteiger partial charge in [-0.15, -0.1) is 11.3 Å². The van der Waals surface area contributed by atoms with Gasteiger partial charge in [0.2, 0.25) is 5.43 Å². The topological polar surface area (TPSA) is 101 Å². The number of aromatic nitrogens is 2. The van der Waals surface area contributed by atoms with Gasteiger partial charge >= 0.3 is 5.97 Å². The lowest BCUT2D eigenvalue weighted by Gasteiger charge is -2.23. The van der Waals surface area contributed by atoms with Crippen molar-refractivity contribution in [3.63, 3.8) is 0 Å². The van der Waals surface area contributed by atoms with E-state index in [-0.39, 0.29) is 28.5 Å². The standard InChI is InChI=1S/C21H21FN4O3S/c1-10-16-14(26(12-2-3-12)8-13(19(16)27)21(28)29)6-15(17(10)22)25-5-4-11(7-25)18-20(23)30-9-24-18/h6,8-9,11-12H,2-5,7,23H2,1H3,(H,28,29). The Bertz CT molecular complexity index is 1250. The molecule has 9 heteroatoms. The van der Waals surface area contributed by atoms with Crippen LogP contribution in [0.25, 0.3) is 10.9 Å². The van der Waals surface area contributed by atoms with Crippen LogP contribution in [-0.2, 0) is 0 Å². The Morgan fingerprint density at radius 3 is 2.77 bits per heavy atom. The molecule has 3 N–H and O–H groups in total. The minimum Gasteiger partial charge on any atom is -0.477 e. The lowest BCUT2D eigenvalue weighted by Crippen LogP contribution is -2.24. The van der Waals surface area contributed by atoms with Crippen molar-refractivity contribution >= 4 is 38.9 Å². The number of aromatic carboxylic acids is 1. The van der Waals surface area contributed by atoms with Crippen molar-refractivity contribution in [2.45, 2.75) is 38.1 Å². The second kappa shape index (κ2) is 6.80. The Kier molecular flexibility index (Phi) is 4.32. The summed E-state index contributed by atoms with van der Waals surface area (Å²) in [6, 6.07) is 1.85. The number of hydrogen-bond acceptors (Lipinski definition) is 6. The summed E-state index contributed by atoms with van der Waals surface area (Å²) in [4.78, 5) is 30.7. The molecule has 1 atom stereocenters. The van der Waals surface area contributed by atoms with Crippen molar-refractivity contribution in [1.82, 2.24) is 9.55 Å². The van der Waals surface area contributed by atoms with E-state index < -0.39 is 17.2 Å². The third-order valence-electron chi connectivity index (χ3n) is 6.19. The van der Waals surface area contributed by atoms with Crippen LogP contribution >= 0.6 is 11.3 Å². The first-order valence-electron chi connectivity index (χ1n) is 9.91. The molecule has 1 aromatic carbocycles. The van der Waals surface area contributed by atoms with Gasteiger partial charge in [0.1, 0.15) is 16.4 Å². The van der Waals surface area contributed by atoms with E-state index in [1.165, 1.54) is 17.5 Å². The van der Waals surface area contributed by atoms with Gasteiger partial charge in [-0.05, 0) is 32.3 Å². The first-order chi connectivity index (χ1) is 14.4. The molecule has 3 aromatic rings. The first-order valence-corrected chi connectivity index (χ1v) is 10.8. The van der Waals surface area contributed by atoms with E-state index in [0.29, 0.717) is 29.3 Å². The first kappa shape index (κ1) is 19.0. The molecule has 30 heavy (non-hydrogen) atoms. The number of nitrogens with zero attached hydrogens (tertiary/aromatic N) is 3. The fourth-order valence-corrected chi connectivity index (χ4v) is 5.08. The number of rotatable bonds is 4. The zero-order valence-corrected chi connectivity index (χ0v) is 17.2. The van der Waals surface area contributed by atoms with Crippen molar-refractivity contribution in [2.75, 3.05) is 23.7 Å². The molecule has 2 aromatic heterocycles. The highest BCUT2D eigenvalue weighted by molar-refractivity contribution is 7.13. The quantitative estimate of drug-likeness (QED) is 0.659. The summed E-state index contributed by atoms with van der Waals surface area (Å²) >= 11 is 1.40. The molecule has 0 amide bonds. The van der Waals surface area contributed by atoms with E-state index in [2.05, 4.69) is 4.98 Å². The molecule has 2 fully saturated rings. The summed E-state index contributed by atoms with van der Waals surface area (Å²) in [5, 5.41) is 10.3. The molecule has 1 saturated heterocycles. The van der Waals surface area contributed by atoms with Crippen LogP contribution in [0.15, 0.2) is 22.6 Å². The number of anilines is 2. The van der Waals surface area contributed by atoms with E-state index in [9.17, 15) is 14.7 Å². The van der Waals surface area contributed by atoms with Gasteiger partial charge < -0.3 is 20.3 Å². The monoisotopic (exact) mass is 428 g/mol. The summed E-state index contributed by atoms with van der Waals surface area (Å²) in [6.45, 7) is 2.80. The number of carbonyl (C=O) groups is 1. The molecule has 156 valence electrons. The molecule has 3 heterocycles. The number of carboxylic acid groups (broad SMARTS) is 1. The molecule has 1 saturated carbocycles. The van der Waals surface area contributed by atoms with E-state index in [1.807, 2.05) is 9.47 Å². The summed E-state index contributed by atoms with van der Waals surface area (Å²) in [6.07, 6.45) is 4.06. The summed E-state index contributed by atoms with van der Waals surface area (Å²) in [5.74, 6) is -1.63. The number of carboxylic acids is 1. The van der Waals surface area contributed by atoms with Crippen molar-refractivity contribution < 1.29 is 14.3 Å². The molecule has 1 aliphatic carbocycles. The summed E-state index contributed by atoms with van der Waals surface area (Å²) in [7, 11) is 0. The molecule has 0 radical (unpaired) electrons. The van der Waals surface area contributed by atoms with E-state index in [0.717, 1.165) is 25.0 Å². The molecule has 0 bridgehead atoms. The van der Waals surface area contributed by atoms with Crippen molar-refractivity contribution in [3.8, 4) is 0 Å². The van der Waals surface area contributed by atoms with Crippen LogP contribution in [0.5, 0.6) is 0 Å². The van der Waals surface area contributed by atoms with Gasteiger partial charge in [-0.2, -0.15) is 0 Å². The van der Waals surface area contributed by atoms with E-state index in [4.69, 9.17) is 5.73 Å². The number of thiazole rings is 1. The largest absolute Gasteiger partial charge is 0.477 e. The third kappa shape index (κ3) is 2.87.